The van der Waals surface area contributed by atoms with Gasteiger partial charge in [0.05, 0.1) is 20.1 Å². The molecule has 0 N–H and O–H groups in total. The van der Waals surface area contributed by atoms with Crippen LogP contribution in [0.25, 0.3) is 0 Å². The Bertz CT molecular complexity index is 642. The predicted molar refractivity (Wildman–Crippen MR) is 83.5 cm³/mol. The van der Waals surface area contributed by atoms with Crippen molar-refractivity contribution in [2.75, 3.05) is 20.4 Å². The van der Waals surface area contributed by atoms with E-state index in [0.717, 1.165) is 16.9 Å². The Hall–Kier alpha value is -2.33. The monoisotopic (exact) mass is 297 g/mol. The summed E-state index contributed by atoms with van der Waals surface area (Å²) in [6.45, 7) is 0.936. The van der Waals surface area contributed by atoms with Crippen LogP contribution in [-0.4, -0.2) is 31.2 Å². The second kappa shape index (κ2) is 6.62. The third-order valence-electron chi connectivity index (χ3n) is 3.88. The van der Waals surface area contributed by atoms with Crippen molar-refractivity contribution in [1.29, 1.82) is 0 Å². The quantitative estimate of drug-likeness (QED) is 0.871. The lowest BCUT2D eigenvalue weighted by Gasteiger charge is -2.15. The van der Waals surface area contributed by atoms with Gasteiger partial charge in [0.15, 0.2) is 0 Å². The van der Waals surface area contributed by atoms with E-state index in [1.54, 1.807) is 12.0 Å². The molecule has 4 heteroatoms. The van der Waals surface area contributed by atoms with E-state index in [2.05, 4.69) is 0 Å². The van der Waals surface area contributed by atoms with Crippen LogP contribution in [0.1, 0.15) is 17.2 Å². The Balaban J connectivity index is 1.64. The molecule has 114 valence electrons. The number of rotatable bonds is 4. The molecule has 1 heterocycles. The maximum atomic E-state index is 12.5. The van der Waals surface area contributed by atoms with Crippen molar-refractivity contribution in [3.63, 3.8) is 0 Å². The van der Waals surface area contributed by atoms with E-state index in [1.165, 1.54) is 0 Å². The molecule has 0 radical (unpaired) electrons. The molecule has 1 saturated heterocycles. The Kier molecular flexibility index (Phi) is 4.39. The Morgan fingerprint density at radius 1 is 1.18 bits per heavy atom. The van der Waals surface area contributed by atoms with Crippen LogP contribution in [0.3, 0.4) is 0 Å². The molecule has 4 nitrogen and oxygen atoms in total. The molecule has 3 rings (SSSR count). The summed E-state index contributed by atoms with van der Waals surface area (Å²) >= 11 is 0. The van der Waals surface area contributed by atoms with Gasteiger partial charge in [-0.3, -0.25) is 4.79 Å². The summed E-state index contributed by atoms with van der Waals surface area (Å²) in [4.78, 5) is 14.2. The largest absolute Gasteiger partial charge is 0.496 e. The zero-order valence-electron chi connectivity index (χ0n) is 12.6. The molecule has 1 fully saturated rings. The summed E-state index contributed by atoms with van der Waals surface area (Å²) in [5.41, 5.74) is 2.01. The van der Waals surface area contributed by atoms with Gasteiger partial charge in [-0.25, -0.2) is 0 Å². The summed E-state index contributed by atoms with van der Waals surface area (Å²) in [6.07, 6.45) is 0.289. The highest BCUT2D eigenvalue weighted by atomic mass is 16.5. The number of carbonyl (C=O) groups excluding carboxylic acids is 1. The number of methoxy groups -OCH3 is 1. The van der Waals surface area contributed by atoms with Crippen molar-refractivity contribution in [2.24, 2.45) is 0 Å². The molecular formula is C18H19NO3. The van der Waals surface area contributed by atoms with Gasteiger partial charge in [-0.1, -0.05) is 48.5 Å². The van der Waals surface area contributed by atoms with Crippen LogP contribution >= 0.6 is 0 Å². The lowest BCUT2D eigenvalue weighted by atomic mass is 10.1. The van der Waals surface area contributed by atoms with Crippen molar-refractivity contribution >= 4 is 5.91 Å². The second-order valence-corrected chi connectivity index (χ2v) is 5.30. The van der Waals surface area contributed by atoms with Gasteiger partial charge >= 0.3 is 0 Å². The molecule has 1 amide bonds. The van der Waals surface area contributed by atoms with Gasteiger partial charge in [0.1, 0.15) is 18.6 Å². The molecule has 1 unspecified atom stereocenters. The molecule has 0 aromatic heterocycles. The number of para-hydroxylation sites is 1. The van der Waals surface area contributed by atoms with Gasteiger partial charge < -0.3 is 14.4 Å². The van der Waals surface area contributed by atoms with E-state index in [1.807, 2.05) is 54.6 Å². The topological polar surface area (TPSA) is 38.8 Å². The van der Waals surface area contributed by atoms with Gasteiger partial charge in [0.2, 0.25) is 5.91 Å². The average molecular weight is 297 g/mol. The van der Waals surface area contributed by atoms with E-state index < -0.39 is 0 Å². The molecule has 2 aromatic rings. The first-order chi connectivity index (χ1) is 10.8. The minimum Gasteiger partial charge on any atom is -0.496 e. The van der Waals surface area contributed by atoms with Gasteiger partial charge in [-0.2, -0.15) is 0 Å². The normalized spacial score (nSPS) is 17.5. The predicted octanol–water partition coefficient (Wildman–Crippen LogP) is 2.80. The fraction of sp³-hybridized carbons (Fsp3) is 0.278. The van der Waals surface area contributed by atoms with E-state index in [9.17, 15) is 4.79 Å². The first-order valence-electron chi connectivity index (χ1n) is 7.34. The van der Waals surface area contributed by atoms with Crippen LogP contribution in [0.4, 0.5) is 0 Å². The molecular weight excluding hydrogens is 278 g/mol. The van der Waals surface area contributed by atoms with Gasteiger partial charge in [-0.15, -0.1) is 0 Å². The minimum absolute atomic E-state index is 0.0391. The molecule has 0 aliphatic carbocycles. The second-order valence-electron chi connectivity index (χ2n) is 5.30. The SMILES string of the molecule is COc1ccccc1CC(=O)N1COC(c2ccccc2)C1. The van der Waals surface area contributed by atoms with Gasteiger partial charge in [0, 0.05) is 5.56 Å². The van der Waals surface area contributed by atoms with E-state index in [-0.39, 0.29) is 12.0 Å². The van der Waals surface area contributed by atoms with Crippen LogP contribution in [-0.2, 0) is 16.0 Å². The highest BCUT2D eigenvalue weighted by Gasteiger charge is 2.28. The highest BCUT2D eigenvalue weighted by molar-refractivity contribution is 5.79. The van der Waals surface area contributed by atoms with Gasteiger partial charge in [0.25, 0.3) is 0 Å². The Labute approximate surface area is 130 Å². The lowest BCUT2D eigenvalue weighted by molar-refractivity contribution is -0.130. The zero-order chi connectivity index (χ0) is 15.4. The maximum absolute atomic E-state index is 12.5. The van der Waals surface area contributed by atoms with Crippen molar-refractivity contribution in [3.8, 4) is 5.75 Å². The van der Waals surface area contributed by atoms with Crippen molar-refractivity contribution in [1.82, 2.24) is 4.90 Å². The fourth-order valence-electron chi connectivity index (χ4n) is 2.65. The van der Waals surface area contributed by atoms with Crippen LogP contribution in [0.5, 0.6) is 5.75 Å². The standard InChI is InChI=1S/C18H19NO3/c1-21-16-10-6-5-9-15(16)11-18(20)19-12-17(22-13-19)14-7-3-2-4-8-14/h2-10,17H,11-13H2,1H3. The summed E-state index contributed by atoms with van der Waals surface area (Å²) in [5.74, 6) is 0.804. The first-order valence-corrected chi connectivity index (χ1v) is 7.34. The minimum atomic E-state index is -0.0391. The maximum Gasteiger partial charge on any atom is 0.229 e. The van der Waals surface area contributed by atoms with E-state index >= 15 is 0 Å². The van der Waals surface area contributed by atoms with Crippen LogP contribution < -0.4 is 4.74 Å². The fourth-order valence-corrected chi connectivity index (χ4v) is 2.65. The molecule has 1 aliphatic rings. The molecule has 0 spiro atoms. The summed E-state index contributed by atoms with van der Waals surface area (Å²) in [5, 5.41) is 0. The summed E-state index contributed by atoms with van der Waals surface area (Å²) < 4.78 is 11.0. The average Bonchev–Trinajstić information content (AvgIpc) is 3.06. The summed E-state index contributed by atoms with van der Waals surface area (Å²) in [6, 6.07) is 17.6. The molecule has 22 heavy (non-hydrogen) atoms. The Morgan fingerprint density at radius 3 is 2.68 bits per heavy atom. The number of carbonyl (C=O) groups is 1. The smallest absolute Gasteiger partial charge is 0.229 e. The molecule has 1 atom stereocenters. The zero-order valence-corrected chi connectivity index (χ0v) is 12.6. The number of amides is 1. The molecule has 0 bridgehead atoms. The van der Waals surface area contributed by atoms with Crippen molar-refractivity contribution < 1.29 is 14.3 Å². The van der Waals surface area contributed by atoms with Crippen LogP contribution in [0, 0.1) is 0 Å². The third-order valence-corrected chi connectivity index (χ3v) is 3.88. The molecule has 2 aromatic carbocycles. The van der Waals surface area contributed by atoms with Crippen molar-refractivity contribution in [2.45, 2.75) is 12.5 Å². The molecule has 1 aliphatic heterocycles. The number of hydrogen-bond acceptors (Lipinski definition) is 3. The Morgan fingerprint density at radius 2 is 1.91 bits per heavy atom. The third kappa shape index (κ3) is 3.12. The first kappa shape index (κ1) is 14.6. The van der Waals surface area contributed by atoms with Gasteiger partial charge in [-0.05, 0) is 11.6 Å². The van der Waals surface area contributed by atoms with E-state index in [4.69, 9.17) is 9.47 Å². The van der Waals surface area contributed by atoms with E-state index in [0.29, 0.717) is 19.7 Å². The highest BCUT2D eigenvalue weighted by Crippen LogP contribution is 2.25. The number of benzene rings is 2. The number of nitrogens with zero attached hydrogens (tertiary/aromatic N) is 1. The summed E-state index contributed by atoms with van der Waals surface area (Å²) in [7, 11) is 1.62. The number of hydrogen-bond donors (Lipinski definition) is 0. The number of ether oxygens (including phenoxy) is 2. The van der Waals surface area contributed by atoms with Crippen molar-refractivity contribution in [3.05, 3.63) is 65.7 Å². The lowest BCUT2D eigenvalue weighted by Crippen LogP contribution is -2.30. The molecule has 0 saturated carbocycles. The van der Waals surface area contributed by atoms with Crippen LogP contribution in [0.2, 0.25) is 0 Å². The van der Waals surface area contributed by atoms with Crippen LogP contribution in [0.15, 0.2) is 54.6 Å².